The number of carbonyl (C=O) groups excluding carboxylic acids is 1. The third-order valence-corrected chi connectivity index (χ3v) is 2.59. The molecule has 19 heavy (non-hydrogen) atoms. The van der Waals surface area contributed by atoms with Crippen molar-refractivity contribution in [3.63, 3.8) is 0 Å². The monoisotopic (exact) mass is 264 g/mol. The Balaban J connectivity index is 2.25. The van der Waals surface area contributed by atoms with Gasteiger partial charge in [-0.25, -0.2) is 4.39 Å². The van der Waals surface area contributed by atoms with Gasteiger partial charge in [-0.1, -0.05) is 0 Å². The van der Waals surface area contributed by atoms with Gasteiger partial charge in [0.1, 0.15) is 12.4 Å². The summed E-state index contributed by atoms with van der Waals surface area (Å²) in [6.07, 6.45) is 0. The molecule has 0 N–H and O–H groups in total. The van der Waals surface area contributed by atoms with Gasteiger partial charge >= 0.3 is 0 Å². The van der Waals surface area contributed by atoms with Crippen molar-refractivity contribution < 1.29 is 23.1 Å². The molecular formula is C14H13FO4. The van der Waals surface area contributed by atoms with Crippen LogP contribution in [0.1, 0.15) is 21.9 Å². The summed E-state index contributed by atoms with van der Waals surface area (Å²) in [6.45, 7) is 0.282. The topological polar surface area (TPSA) is 48.7 Å². The van der Waals surface area contributed by atoms with Crippen LogP contribution in [0, 0.1) is 5.82 Å². The van der Waals surface area contributed by atoms with Crippen molar-refractivity contribution in [2.24, 2.45) is 0 Å². The van der Waals surface area contributed by atoms with E-state index in [2.05, 4.69) is 0 Å². The zero-order chi connectivity index (χ0) is 13.8. The minimum absolute atomic E-state index is 0.0936. The van der Waals surface area contributed by atoms with Gasteiger partial charge in [0.2, 0.25) is 5.78 Å². The lowest BCUT2D eigenvalue weighted by molar-refractivity contribution is 0.0999. The Morgan fingerprint density at radius 2 is 2.05 bits per heavy atom. The van der Waals surface area contributed by atoms with E-state index in [4.69, 9.17) is 13.9 Å². The molecule has 1 heterocycles. The van der Waals surface area contributed by atoms with E-state index in [0.717, 1.165) is 6.07 Å². The lowest BCUT2D eigenvalue weighted by Crippen LogP contribution is -2.01. The van der Waals surface area contributed by atoms with E-state index in [1.54, 1.807) is 12.1 Å². The van der Waals surface area contributed by atoms with Crippen molar-refractivity contribution in [1.29, 1.82) is 0 Å². The van der Waals surface area contributed by atoms with Crippen LogP contribution < -0.4 is 4.74 Å². The van der Waals surface area contributed by atoms with Crippen molar-refractivity contribution in [3.8, 4) is 5.75 Å². The fourth-order valence-corrected chi connectivity index (χ4v) is 1.67. The molecule has 0 unspecified atom stereocenters. The van der Waals surface area contributed by atoms with Crippen molar-refractivity contribution in [2.45, 2.75) is 6.61 Å². The average Bonchev–Trinajstić information content (AvgIpc) is 2.87. The Hall–Kier alpha value is -2.14. The molecule has 5 heteroatoms. The van der Waals surface area contributed by atoms with Crippen LogP contribution in [-0.2, 0) is 11.3 Å². The summed E-state index contributed by atoms with van der Waals surface area (Å²) in [6, 6.07) is 7.21. The minimum atomic E-state index is -0.586. The fourth-order valence-electron chi connectivity index (χ4n) is 1.67. The first kappa shape index (κ1) is 13.3. The van der Waals surface area contributed by atoms with E-state index in [1.165, 1.54) is 26.4 Å². The Morgan fingerprint density at radius 1 is 1.26 bits per heavy atom. The van der Waals surface area contributed by atoms with Crippen molar-refractivity contribution >= 4 is 5.78 Å². The van der Waals surface area contributed by atoms with Gasteiger partial charge in [0.15, 0.2) is 17.3 Å². The fraction of sp³-hybridized carbons (Fsp3) is 0.214. The highest BCUT2D eigenvalue weighted by Gasteiger charge is 2.15. The summed E-state index contributed by atoms with van der Waals surface area (Å²) in [5, 5.41) is 0. The molecule has 0 radical (unpaired) electrons. The van der Waals surface area contributed by atoms with E-state index < -0.39 is 5.82 Å². The van der Waals surface area contributed by atoms with Crippen LogP contribution in [0.25, 0.3) is 0 Å². The van der Waals surface area contributed by atoms with Gasteiger partial charge in [0.25, 0.3) is 0 Å². The highest BCUT2D eigenvalue weighted by molar-refractivity contribution is 6.07. The maximum absolute atomic E-state index is 13.5. The number of hydrogen-bond donors (Lipinski definition) is 0. The highest BCUT2D eigenvalue weighted by atomic mass is 19.1. The van der Waals surface area contributed by atoms with Crippen LogP contribution >= 0.6 is 0 Å². The number of ether oxygens (including phenoxy) is 2. The third-order valence-electron chi connectivity index (χ3n) is 2.59. The summed E-state index contributed by atoms with van der Waals surface area (Å²) >= 11 is 0. The van der Waals surface area contributed by atoms with Crippen LogP contribution in [0.4, 0.5) is 4.39 Å². The molecule has 0 aliphatic rings. The van der Waals surface area contributed by atoms with Crippen LogP contribution in [0.5, 0.6) is 5.75 Å². The average molecular weight is 264 g/mol. The quantitative estimate of drug-likeness (QED) is 0.779. The Morgan fingerprint density at radius 3 is 2.68 bits per heavy atom. The molecule has 0 saturated heterocycles. The largest absolute Gasteiger partial charge is 0.494 e. The zero-order valence-electron chi connectivity index (χ0n) is 10.6. The summed E-state index contributed by atoms with van der Waals surface area (Å²) in [5.41, 5.74) is 0.205. The first-order chi connectivity index (χ1) is 9.15. The summed E-state index contributed by atoms with van der Waals surface area (Å²) in [5.74, 6) is -0.187. The van der Waals surface area contributed by atoms with E-state index in [9.17, 15) is 9.18 Å². The smallest absolute Gasteiger partial charge is 0.228 e. The number of benzene rings is 1. The molecular weight excluding hydrogens is 251 g/mol. The van der Waals surface area contributed by atoms with E-state index >= 15 is 0 Å². The maximum Gasteiger partial charge on any atom is 0.228 e. The zero-order valence-corrected chi connectivity index (χ0v) is 10.6. The standard InChI is InChI=1S/C14H13FO4/c1-17-8-10-4-6-13(19-10)14(16)9-3-5-12(18-2)11(15)7-9/h3-7H,8H2,1-2H3. The number of ketones is 1. The lowest BCUT2D eigenvalue weighted by atomic mass is 10.1. The molecule has 2 rings (SSSR count). The van der Waals surface area contributed by atoms with Crippen LogP contribution in [0.15, 0.2) is 34.7 Å². The second kappa shape index (κ2) is 5.67. The van der Waals surface area contributed by atoms with Crippen molar-refractivity contribution in [3.05, 3.63) is 53.2 Å². The van der Waals surface area contributed by atoms with E-state index in [1.807, 2.05) is 0 Å². The second-order valence-corrected chi connectivity index (χ2v) is 3.88. The summed E-state index contributed by atoms with van der Waals surface area (Å²) in [7, 11) is 2.90. The van der Waals surface area contributed by atoms with E-state index in [0.29, 0.717) is 5.76 Å². The first-order valence-corrected chi connectivity index (χ1v) is 5.61. The lowest BCUT2D eigenvalue weighted by Gasteiger charge is -2.03. The summed E-state index contributed by atoms with van der Waals surface area (Å²) < 4.78 is 28.5. The number of hydrogen-bond acceptors (Lipinski definition) is 4. The van der Waals surface area contributed by atoms with Gasteiger partial charge in [-0.3, -0.25) is 4.79 Å². The molecule has 100 valence electrons. The van der Waals surface area contributed by atoms with Crippen LogP contribution in [0.3, 0.4) is 0 Å². The number of carbonyl (C=O) groups is 1. The molecule has 0 amide bonds. The summed E-state index contributed by atoms with van der Waals surface area (Å²) in [4.78, 5) is 12.1. The molecule has 0 atom stereocenters. The highest BCUT2D eigenvalue weighted by Crippen LogP contribution is 2.20. The molecule has 0 saturated carbocycles. The van der Waals surface area contributed by atoms with Gasteiger partial charge < -0.3 is 13.9 Å². The minimum Gasteiger partial charge on any atom is -0.494 e. The number of halogens is 1. The molecule has 0 aliphatic heterocycles. The van der Waals surface area contributed by atoms with Gasteiger partial charge in [0, 0.05) is 12.7 Å². The molecule has 1 aromatic carbocycles. The van der Waals surface area contributed by atoms with Crippen LogP contribution in [-0.4, -0.2) is 20.0 Å². The molecule has 2 aromatic rings. The predicted octanol–water partition coefficient (Wildman–Crippen LogP) is 2.80. The Bertz CT molecular complexity index is 589. The second-order valence-electron chi connectivity index (χ2n) is 3.88. The third kappa shape index (κ3) is 2.82. The van der Waals surface area contributed by atoms with Crippen molar-refractivity contribution in [1.82, 2.24) is 0 Å². The molecule has 0 fully saturated rings. The number of furan rings is 1. The molecule has 0 spiro atoms. The maximum atomic E-state index is 13.5. The Labute approximate surface area is 109 Å². The van der Waals surface area contributed by atoms with Gasteiger partial charge in [-0.15, -0.1) is 0 Å². The number of rotatable bonds is 5. The van der Waals surface area contributed by atoms with Gasteiger partial charge in [-0.2, -0.15) is 0 Å². The van der Waals surface area contributed by atoms with Gasteiger partial charge in [0.05, 0.1) is 7.11 Å². The SMILES string of the molecule is COCc1ccc(C(=O)c2ccc(OC)c(F)c2)o1. The molecule has 0 aliphatic carbocycles. The number of methoxy groups -OCH3 is 2. The molecule has 4 nitrogen and oxygen atoms in total. The van der Waals surface area contributed by atoms with Crippen molar-refractivity contribution in [2.75, 3.05) is 14.2 Å². The Kier molecular flexibility index (Phi) is 3.97. The predicted molar refractivity (Wildman–Crippen MR) is 65.8 cm³/mol. The normalized spacial score (nSPS) is 10.5. The van der Waals surface area contributed by atoms with E-state index in [-0.39, 0.29) is 29.5 Å². The van der Waals surface area contributed by atoms with Crippen LogP contribution in [0.2, 0.25) is 0 Å². The molecule has 0 bridgehead atoms. The van der Waals surface area contributed by atoms with Gasteiger partial charge in [-0.05, 0) is 30.3 Å². The first-order valence-electron chi connectivity index (χ1n) is 5.61. The molecule has 1 aromatic heterocycles.